The monoisotopic (exact) mass is 371 g/mol. The van der Waals surface area contributed by atoms with Crippen molar-refractivity contribution in [2.24, 2.45) is 5.41 Å². The lowest BCUT2D eigenvalue weighted by Crippen LogP contribution is -2.54. The van der Waals surface area contributed by atoms with Crippen LogP contribution in [0.15, 0.2) is 22.9 Å². The quantitative estimate of drug-likeness (QED) is 0.873. The number of carbonyl (C=O) groups excluding carboxylic acids is 1. The number of β-amino-alcohol motifs (C(OH)–C–C–N with tert-alkyl or cyclic N) is 1. The number of aliphatic hydroxyl groups is 1. The van der Waals surface area contributed by atoms with Gasteiger partial charge < -0.3 is 19.4 Å². The highest BCUT2D eigenvalue weighted by Gasteiger charge is 2.41. The number of anilines is 1. The van der Waals surface area contributed by atoms with Crippen LogP contribution in [-0.2, 0) is 4.79 Å². The first kappa shape index (κ1) is 17.9. The molecule has 0 radical (unpaired) electrons. The molecule has 27 heavy (non-hydrogen) atoms. The topological polar surface area (TPSA) is 95.6 Å². The Kier molecular flexibility index (Phi) is 4.82. The second-order valence-corrected chi connectivity index (χ2v) is 7.62. The maximum absolute atomic E-state index is 12.1. The van der Waals surface area contributed by atoms with Crippen LogP contribution in [-0.4, -0.2) is 63.8 Å². The molecule has 1 N–H and O–H groups in total. The van der Waals surface area contributed by atoms with Crippen molar-refractivity contribution in [3.8, 4) is 11.5 Å². The third-order valence-electron chi connectivity index (χ3n) is 5.63. The highest BCUT2D eigenvalue weighted by molar-refractivity contribution is 5.77. The first-order chi connectivity index (χ1) is 13.1. The summed E-state index contributed by atoms with van der Waals surface area (Å²) in [6.07, 6.45) is 5.43. The predicted molar refractivity (Wildman–Crippen MR) is 99.0 cm³/mol. The Bertz CT molecular complexity index is 806. The van der Waals surface area contributed by atoms with E-state index in [1.165, 1.54) is 0 Å². The van der Waals surface area contributed by atoms with Gasteiger partial charge in [0, 0.05) is 44.2 Å². The van der Waals surface area contributed by atoms with E-state index in [2.05, 4.69) is 20.0 Å². The van der Waals surface area contributed by atoms with Gasteiger partial charge in [-0.05, 0) is 38.3 Å². The van der Waals surface area contributed by atoms with Gasteiger partial charge in [0.2, 0.25) is 5.91 Å². The maximum Gasteiger partial charge on any atom is 0.259 e. The Morgan fingerprint density at radius 1 is 1.30 bits per heavy atom. The normalized spacial score (nSPS) is 23.3. The van der Waals surface area contributed by atoms with Gasteiger partial charge >= 0.3 is 0 Å². The molecule has 0 aromatic carbocycles. The smallest absolute Gasteiger partial charge is 0.259 e. The van der Waals surface area contributed by atoms with Crippen molar-refractivity contribution in [2.75, 3.05) is 37.7 Å². The van der Waals surface area contributed by atoms with Crippen molar-refractivity contribution in [1.82, 2.24) is 20.0 Å². The molecule has 0 unspecified atom stereocenters. The Labute approximate surface area is 158 Å². The molecule has 0 bridgehead atoms. The van der Waals surface area contributed by atoms with E-state index in [4.69, 9.17) is 4.52 Å². The van der Waals surface area contributed by atoms with E-state index in [0.29, 0.717) is 24.7 Å². The van der Waals surface area contributed by atoms with Gasteiger partial charge in [0.05, 0.1) is 12.2 Å². The molecule has 8 heteroatoms. The summed E-state index contributed by atoms with van der Waals surface area (Å²) in [7, 11) is 0. The van der Waals surface area contributed by atoms with Crippen LogP contribution in [0.4, 0.5) is 5.82 Å². The lowest BCUT2D eigenvalue weighted by atomic mass is 9.73. The number of amides is 1. The maximum atomic E-state index is 12.1. The molecular formula is C19H25N5O3. The zero-order valence-electron chi connectivity index (χ0n) is 15.6. The van der Waals surface area contributed by atoms with Crippen molar-refractivity contribution >= 4 is 11.7 Å². The molecule has 8 nitrogen and oxygen atoms in total. The van der Waals surface area contributed by atoms with Gasteiger partial charge in [-0.25, -0.2) is 4.98 Å². The molecular weight excluding hydrogens is 346 g/mol. The molecule has 2 saturated heterocycles. The van der Waals surface area contributed by atoms with Crippen molar-refractivity contribution in [3.05, 3.63) is 24.2 Å². The lowest BCUT2D eigenvalue weighted by molar-refractivity contribution is -0.138. The van der Waals surface area contributed by atoms with Gasteiger partial charge in [0.1, 0.15) is 5.82 Å². The molecule has 2 aliphatic rings. The van der Waals surface area contributed by atoms with Crippen molar-refractivity contribution < 1.29 is 14.4 Å². The summed E-state index contributed by atoms with van der Waals surface area (Å²) in [5.41, 5.74) is 0.897. The molecule has 2 fully saturated rings. The Balaban J connectivity index is 1.49. The van der Waals surface area contributed by atoms with Crippen LogP contribution in [0, 0.1) is 12.3 Å². The van der Waals surface area contributed by atoms with Crippen LogP contribution in [0.3, 0.4) is 0 Å². The third kappa shape index (κ3) is 3.66. The van der Waals surface area contributed by atoms with Gasteiger partial charge in [-0.3, -0.25) is 4.79 Å². The van der Waals surface area contributed by atoms with Crippen LogP contribution in [0.5, 0.6) is 0 Å². The lowest BCUT2D eigenvalue weighted by Gasteiger charge is -2.48. The van der Waals surface area contributed by atoms with Gasteiger partial charge in [0.15, 0.2) is 5.82 Å². The number of nitrogens with zero attached hydrogens (tertiary/aromatic N) is 5. The minimum Gasteiger partial charge on any atom is -0.395 e. The fraction of sp³-hybridized carbons (Fsp3) is 0.579. The second kappa shape index (κ2) is 7.26. The molecule has 2 aliphatic heterocycles. The van der Waals surface area contributed by atoms with E-state index in [9.17, 15) is 9.90 Å². The average molecular weight is 371 g/mol. The van der Waals surface area contributed by atoms with E-state index in [1.54, 1.807) is 13.1 Å². The number of hydrogen-bond donors (Lipinski definition) is 1. The summed E-state index contributed by atoms with van der Waals surface area (Å²) in [5, 5.41) is 13.1. The summed E-state index contributed by atoms with van der Waals surface area (Å²) >= 11 is 0. The zero-order valence-corrected chi connectivity index (χ0v) is 15.6. The molecule has 4 heterocycles. The minimum absolute atomic E-state index is 0.0176. The Morgan fingerprint density at radius 3 is 2.89 bits per heavy atom. The molecule has 144 valence electrons. The Morgan fingerprint density at radius 2 is 2.19 bits per heavy atom. The molecule has 1 atom stereocenters. The molecule has 1 spiro atoms. The Hall–Kier alpha value is -2.48. The minimum atomic E-state index is 0.0176. The molecule has 2 aromatic rings. The number of rotatable bonds is 4. The van der Waals surface area contributed by atoms with Crippen LogP contribution in [0.1, 0.15) is 31.5 Å². The number of carbonyl (C=O) groups is 1. The molecule has 0 saturated carbocycles. The first-order valence-electron chi connectivity index (χ1n) is 9.49. The van der Waals surface area contributed by atoms with Crippen LogP contribution in [0.25, 0.3) is 11.5 Å². The molecule has 0 aliphatic carbocycles. The summed E-state index contributed by atoms with van der Waals surface area (Å²) in [5.74, 6) is 2.17. The highest BCUT2D eigenvalue weighted by Crippen LogP contribution is 2.39. The fourth-order valence-electron chi connectivity index (χ4n) is 4.28. The largest absolute Gasteiger partial charge is 0.395 e. The number of aromatic nitrogens is 3. The summed E-state index contributed by atoms with van der Waals surface area (Å²) < 4.78 is 5.20. The average Bonchev–Trinajstić information content (AvgIpc) is 3.12. The SMILES string of the molecule is Cc1noc(-c2ccc(N3CCC[C@@]4(CCC(=O)N(CCO)C4)C3)nc2)n1. The number of piperidine rings is 2. The van der Waals surface area contributed by atoms with E-state index < -0.39 is 0 Å². The molecule has 4 rings (SSSR count). The van der Waals surface area contributed by atoms with Crippen molar-refractivity contribution in [1.29, 1.82) is 0 Å². The van der Waals surface area contributed by atoms with E-state index in [1.807, 2.05) is 17.0 Å². The van der Waals surface area contributed by atoms with Gasteiger partial charge in [-0.1, -0.05) is 5.16 Å². The van der Waals surface area contributed by atoms with Crippen LogP contribution >= 0.6 is 0 Å². The van der Waals surface area contributed by atoms with Crippen LogP contribution in [0.2, 0.25) is 0 Å². The number of pyridine rings is 1. The summed E-state index contributed by atoms with van der Waals surface area (Å²) in [6.45, 7) is 4.80. The number of hydrogen-bond acceptors (Lipinski definition) is 7. The second-order valence-electron chi connectivity index (χ2n) is 7.62. The number of aliphatic hydroxyl groups excluding tert-OH is 1. The third-order valence-corrected chi connectivity index (χ3v) is 5.63. The van der Waals surface area contributed by atoms with Gasteiger partial charge in [-0.15, -0.1) is 0 Å². The summed E-state index contributed by atoms with van der Waals surface area (Å²) in [4.78, 5) is 25.1. The first-order valence-corrected chi connectivity index (χ1v) is 9.49. The van der Waals surface area contributed by atoms with Gasteiger partial charge in [-0.2, -0.15) is 4.98 Å². The zero-order chi connectivity index (χ0) is 18.9. The van der Waals surface area contributed by atoms with Crippen LogP contribution < -0.4 is 4.90 Å². The fourth-order valence-corrected chi connectivity index (χ4v) is 4.28. The van der Waals surface area contributed by atoms with Crippen molar-refractivity contribution in [3.63, 3.8) is 0 Å². The highest BCUT2D eigenvalue weighted by atomic mass is 16.5. The van der Waals surface area contributed by atoms with Gasteiger partial charge in [0.25, 0.3) is 5.89 Å². The molecule has 2 aromatic heterocycles. The predicted octanol–water partition coefficient (Wildman–Crippen LogP) is 1.64. The van der Waals surface area contributed by atoms with E-state index >= 15 is 0 Å². The van der Waals surface area contributed by atoms with Crippen molar-refractivity contribution in [2.45, 2.75) is 32.6 Å². The van der Waals surface area contributed by atoms with E-state index in [0.717, 1.165) is 50.3 Å². The number of likely N-dealkylation sites (tertiary alicyclic amines) is 1. The summed E-state index contributed by atoms with van der Waals surface area (Å²) in [6, 6.07) is 3.95. The number of aryl methyl sites for hydroxylation is 1. The van der Waals surface area contributed by atoms with E-state index in [-0.39, 0.29) is 17.9 Å². The standard InChI is InChI=1S/C19H25N5O3/c1-14-21-18(27-22-14)15-3-4-16(20-11-15)23-8-2-6-19(12-23)7-5-17(26)24(13-19)9-10-25/h3-4,11,25H,2,5-10,12-13H2,1H3/t19-/m1/s1. The molecule has 1 amide bonds.